The molecule has 2 aliphatic rings. The van der Waals surface area contributed by atoms with Crippen LogP contribution in [0.2, 0.25) is 0 Å². The lowest BCUT2D eigenvalue weighted by Crippen LogP contribution is -2.15. The first-order valence-electron chi connectivity index (χ1n) is 20.8. The third kappa shape index (κ3) is 5.41. The second kappa shape index (κ2) is 13.3. The van der Waals surface area contributed by atoms with Crippen molar-refractivity contribution in [2.45, 2.75) is 32.1 Å². The quantitative estimate of drug-likeness (QED) is 0.169. The van der Waals surface area contributed by atoms with E-state index in [0.717, 1.165) is 74.0 Å². The normalized spacial score (nSPS) is 13.8. The number of fused-ring (bicyclic) bond motifs is 8. The summed E-state index contributed by atoms with van der Waals surface area (Å²) in [7, 11) is 0. The summed E-state index contributed by atoms with van der Waals surface area (Å²) < 4.78 is 12.5. The van der Waals surface area contributed by atoms with Gasteiger partial charge in [0, 0.05) is 44.8 Å². The average Bonchev–Trinajstić information content (AvgIpc) is 3.95. The molecule has 10 aromatic rings. The maximum absolute atomic E-state index is 6.37. The Hall–Kier alpha value is -7.43. The fourth-order valence-corrected chi connectivity index (χ4v) is 9.79. The van der Waals surface area contributed by atoms with Gasteiger partial charge in [-0.2, -0.15) is 0 Å². The van der Waals surface area contributed by atoms with Gasteiger partial charge in [0.25, 0.3) is 0 Å². The third-order valence-electron chi connectivity index (χ3n) is 12.8. The molecule has 60 heavy (non-hydrogen) atoms. The maximum atomic E-state index is 6.37. The highest BCUT2D eigenvalue weighted by atomic mass is 16.4. The lowest BCUT2D eigenvalue weighted by Gasteiger charge is -2.30. The van der Waals surface area contributed by atoms with Crippen molar-refractivity contribution in [3.63, 3.8) is 0 Å². The molecule has 0 aliphatic heterocycles. The van der Waals surface area contributed by atoms with Crippen molar-refractivity contribution >= 4 is 56.2 Å². The SMILES string of the molecule is CC1(C)c2ccccc2-c2cc(N(c3ccc(-c4ccc5oc6cc7oc(-c8ccccc8)nc7cc6c5c4)cc3)c3ccccc3-c3cccc4c3CCC=C4)ccc21. The first kappa shape index (κ1) is 34.6. The van der Waals surface area contributed by atoms with E-state index < -0.39 is 0 Å². The molecule has 0 unspecified atom stereocenters. The molecule has 4 heteroatoms. The monoisotopic (exact) mass is 772 g/mol. The standard InChI is InChI=1S/C56H40N2O2/c1-56(2)48-21-10-8-18-43(48)45-32-40(28-29-49(45)56)58(51-22-11-9-19-44(51)42-20-12-16-36-13-6-7-17-41(36)42)39-26-23-35(24-27-39)38-25-30-52-46(31-38)47-33-50-54(34-53(47)59-52)60-55(57-50)37-14-4-3-5-15-37/h3-6,8-16,18-34H,7,17H2,1-2H3. The van der Waals surface area contributed by atoms with Crippen molar-refractivity contribution in [1.29, 1.82) is 0 Å². The molecule has 286 valence electrons. The number of furan rings is 1. The summed E-state index contributed by atoms with van der Waals surface area (Å²) in [5.74, 6) is 0.605. The Morgan fingerprint density at radius 2 is 1.25 bits per heavy atom. The minimum atomic E-state index is -0.0704. The molecular formula is C56H40N2O2. The van der Waals surface area contributed by atoms with Crippen LogP contribution in [0.1, 0.15) is 42.5 Å². The molecule has 0 N–H and O–H groups in total. The van der Waals surface area contributed by atoms with E-state index in [-0.39, 0.29) is 5.41 Å². The van der Waals surface area contributed by atoms with E-state index in [1.807, 2.05) is 36.4 Å². The highest BCUT2D eigenvalue weighted by molar-refractivity contribution is 6.10. The van der Waals surface area contributed by atoms with Crippen LogP contribution in [-0.2, 0) is 11.8 Å². The average molecular weight is 773 g/mol. The molecule has 2 aliphatic carbocycles. The first-order valence-corrected chi connectivity index (χ1v) is 20.8. The Morgan fingerprint density at radius 3 is 2.13 bits per heavy atom. The zero-order chi connectivity index (χ0) is 40.0. The van der Waals surface area contributed by atoms with Crippen LogP contribution in [0.25, 0.3) is 83.9 Å². The van der Waals surface area contributed by atoms with Gasteiger partial charge in [0.15, 0.2) is 5.58 Å². The highest BCUT2D eigenvalue weighted by Gasteiger charge is 2.35. The van der Waals surface area contributed by atoms with E-state index in [2.05, 4.69) is 164 Å². The number of oxazole rings is 1. The smallest absolute Gasteiger partial charge is 0.227 e. The summed E-state index contributed by atoms with van der Waals surface area (Å²) in [4.78, 5) is 7.29. The minimum absolute atomic E-state index is 0.0704. The van der Waals surface area contributed by atoms with Crippen LogP contribution < -0.4 is 4.90 Å². The summed E-state index contributed by atoms with van der Waals surface area (Å²) in [6, 6.07) is 61.2. The minimum Gasteiger partial charge on any atom is -0.456 e. The van der Waals surface area contributed by atoms with E-state index in [4.69, 9.17) is 13.8 Å². The van der Waals surface area contributed by atoms with Crippen LogP contribution >= 0.6 is 0 Å². The molecule has 12 rings (SSSR count). The van der Waals surface area contributed by atoms with Gasteiger partial charge in [-0.15, -0.1) is 0 Å². The molecule has 2 aromatic heterocycles. The van der Waals surface area contributed by atoms with Crippen LogP contribution in [-0.4, -0.2) is 4.98 Å². The molecule has 0 saturated heterocycles. The predicted molar refractivity (Wildman–Crippen MR) is 247 cm³/mol. The van der Waals surface area contributed by atoms with Crippen LogP contribution in [0.4, 0.5) is 17.1 Å². The molecule has 0 atom stereocenters. The molecule has 0 radical (unpaired) electrons. The lowest BCUT2D eigenvalue weighted by molar-refractivity contribution is 0.617. The van der Waals surface area contributed by atoms with E-state index in [9.17, 15) is 0 Å². The molecular weight excluding hydrogens is 733 g/mol. The zero-order valence-corrected chi connectivity index (χ0v) is 33.4. The largest absolute Gasteiger partial charge is 0.456 e. The van der Waals surface area contributed by atoms with Crippen LogP contribution in [0.15, 0.2) is 185 Å². The number of aromatic nitrogens is 1. The Bertz CT molecular complexity index is 3350. The van der Waals surface area contributed by atoms with Crippen LogP contribution in [0.5, 0.6) is 0 Å². The number of para-hydroxylation sites is 1. The molecule has 2 heterocycles. The predicted octanol–water partition coefficient (Wildman–Crippen LogP) is 15.5. The van der Waals surface area contributed by atoms with Gasteiger partial charge in [0.2, 0.25) is 5.89 Å². The second-order valence-electron chi connectivity index (χ2n) is 16.6. The summed E-state index contributed by atoms with van der Waals surface area (Å²) >= 11 is 0. The number of rotatable bonds is 6. The van der Waals surface area contributed by atoms with Gasteiger partial charge < -0.3 is 13.7 Å². The number of hydrogen-bond acceptors (Lipinski definition) is 4. The first-order chi connectivity index (χ1) is 29.5. The van der Waals surface area contributed by atoms with Gasteiger partial charge in [-0.3, -0.25) is 0 Å². The van der Waals surface area contributed by atoms with Crippen molar-refractivity contribution in [2.75, 3.05) is 4.90 Å². The molecule has 0 amide bonds. The number of hydrogen-bond donors (Lipinski definition) is 0. The topological polar surface area (TPSA) is 42.4 Å². The fourth-order valence-electron chi connectivity index (χ4n) is 9.79. The Balaban J connectivity index is 0.978. The van der Waals surface area contributed by atoms with Crippen molar-refractivity contribution in [2.24, 2.45) is 0 Å². The van der Waals surface area contributed by atoms with Crippen molar-refractivity contribution in [3.05, 3.63) is 198 Å². The van der Waals surface area contributed by atoms with Gasteiger partial charge in [-0.25, -0.2) is 4.98 Å². The lowest BCUT2D eigenvalue weighted by atomic mass is 9.82. The van der Waals surface area contributed by atoms with E-state index in [1.54, 1.807) is 0 Å². The molecule has 0 fully saturated rings. The van der Waals surface area contributed by atoms with E-state index in [1.165, 1.54) is 44.5 Å². The number of nitrogens with zero attached hydrogens (tertiary/aromatic N) is 2. The summed E-state index contributed by atoms with van der Waals surface area (Å²) in [6.45, 7) is 4.69. The van der Waals surface area contributed by atoms with Gasteiger partial charge in [-0.1, -0.05) is 129 Å². The van der Waals surface area contributed by atoms with Gasteiger partial charge in [-0.05, 0) is 124 Å². The van der Waals surface area contributed by atoms with Gasteiger partial charge >= 0.3 is 0 Å². The van der Waals surface area contributed by atoms with Gasteiger partial charge in [0.05, 0.1) is 5.69 Å². The highest BCUT2D eigenvalue weighted by Crippen LogP contribution is 2.51. The molecule has 0 spiro atoms. The van der Waals surface area contributed by atoms with Gasteiger partial charge in [0.1, 0.15) is 16.7 Å². The van der Waals surface area contributed by atoms with Crippen molar-refractivity contribution < 1.29 is 8.83 Å². The Kier molecular flexibility index (Phi) is 7.67. The summed E-state index contributed by atoms with van der Waals surface area (Å²) in [6.07, 6.45) is 6.66. The molecule has 0 saturated carbocycles. The zero-order valence-electron chi connectivity index (χ0n) is 33.4. The van der Waals surface area contributed by atoms with E-state index >= 15 is 0 Å². The van der Waals surface area contributed by atoms with Crippen molar-refractivity contribution in [3.8, 4) is 44.8 Å². The summed E-state index contributed by atoms with van der Waals surface area (Å²) in [5, 5.41) is 2.07. The van der Waals surface area contributed by atoms with Crippen LogP contribution in [0.3, 0.4) is 0 Å². The molecule has 8 aromatic carbocycles. The number of allylic oxidation sites excluding steroid dienone is 1. The number of benzene rings is 8. The Morgan fingerprint density at radius 1 is 0.517 bits per heavy atom. The third-order valence-corrected chi connectivity index (χ3v) is 12.8. The maximum Gasteiger partial charge on any atom is 0.227 e. The molecule has 4 nitrogen and oxygen atoms in total. The number of anilines is 3. The second-order valence-corrected chi connectivity index (χ2v) is 16.6. The summed E-state index contributed by atoms with van der Waals surface area (Å²) in [5.41, 5.74) is 20.2. The Labute approximate surface area is 348 Å². The van der Waals surface area contributed by atoms with Crippen LogP contribution in [0, 0.1) is 0 Å². The molecule has 0 bridgehead atoms. The van der Waals surface area contributed by atoms with Crippen molar-refractivity contribution in [1.82, 2.24) is 4.98 Å². The fraction of sp³-hybridized carbons (Fsp3) is 0.0893. The van der Waals surface area contributed by atoms with E-state index in [0.29, 0.717) is 11.5 Å².